The van der Waals surface area contributed by atoms with Crippen LogP contribution in [0.5, 0.6) is 0 Å². The lowest BCUT2D eigenvalue weighted by molar-refractivity contribution is 0.178. The van der Waals surface area contributed by atoms with Crippen LogP contribution in [-0.4, -0.2) is 19.7 Å². The highest BCUT2D eigenvalue weighted by molar-refractivity contribution is 7.91. The van der Waals surface area contributed by atoms with Crippen LogP contribution in [0.25, 0.3) is 0 Å². The molecule has 0 spiro atoms. The zero-order valence-electron chi connectivity index (χ0n) is 17.0. The average molecular weight is 368 g/mol. The lowest BCUT2D eigenvalue weighted by atomic mass is 9.69. The van der Waals surface area contributed by atoms with Crippen LogP contribution < -0.4 is 4.72 Å². The lowest BCUT2D eigenvalue weighted by Gasteiger charge is -2.46. The number of nitrogens with one attached hydrogen (secondary N) is 1. The van der Waals surface area contributed by atoms with Gasteiger partial charge in [-0.2, -0.15) is 0 Å². The highest BCUT2D eigenvalue weighted by atomic mass is 32.2. The van der Waals surface area contributed by atoms with Gasteiger partial charge in [-0.05, 0) is 55.1 Å². The van der Waals surface area contributed by atoms with E-state index in [2.05, 4.69) is 56.7 Å². The van der Waals surface area contributed by atoms with Gasteiger partial charge in [-0.3, -0.25) is 0 Å². The van der Waals surface area contributed by atoms with E-state index < -0.39 is 14.8 Å². The second-order valence-corrected chi connectivity index (χ2v) is 9.36. The molecule has 0 fully saturated rings. The molecule has 0 heterocycles. The maximum Gasteiger partial charge on any atom is 0.217 e. The van der Waals surface area contributed by atoms with Crippen molar-refractivity contribution in [3.05, 3.63) is 35.4 Å². The fourth-order valence-electron chi connectivity index (χ4n) is 4.11. The summed E-state index contributed by atoms with van der Waals surface area (Å²) in [6, 6.07) is 8.44. The van der Waals surface area contributed by atoms with Gasteiger partial charge in [0, 0.05) is 6.54 Å². The molecule has 0 amide bonds. The largest absolute Gasteiger partial charge is 0.217 e. The molecule has 0 aliphatic carbocycles. The van der Waals surface area contributed by atoms with Crippen molar-refractivity contribution in [1.29, 1.82) is 0 Å². The van der Waals surface area contributed by atoms with Crippen LogP contribution in [0.1, 0.15) is 78.4 Å². The van der Waals surface area contributed by atoms with Crippen molar-refractivity contribution < 1.29 is 8.42 Å². The number of sulfonamides is 1. The first-order valence-corrected chi connectivity index (χ1v) is 11.3. The summed E-state index contributed by atoms with van der Waals surface area (Å²) in [6.07, 6.45) is 4.76. The van der Waals surface area contributed by atoms with E-state index in [1.165, 1.54) is 11.1 Å². The fourth-order valence-corrected chi connectivity index (χ4v) is 6.46. The number of aryl methyl sites for hydroxylation is 1. The summed E-state index contributed by atoms with van der Waals surface area (Å²) in [7, 11) is -3.40. The molecule has 1 aromatic rings. The number of benzene rings is 1. The molecule has 0 radical (unpaired) electrons. The van der Waals surface area contributed by atoms with Gasteiger partial charge < -0.3 is 0 Å². The minimum absolute atomic E-state index is 0.217. The Balaban J connectivity index is 2.92. The molecule has 1 N–H and O–H groups in total. The van der Waals surface area contributed by atoms with Gasteiger partial charge in [0.15, 0.2) is 0 Å². The van der Waals surface area contributed by atoms with Gasteiger partial charge in [0.25, 0.3) is 0 Å². The van der Waals surface area contributed by atoms with Crippen LogP contribution in [-0.2, 0) is 22.9 Å². The molecule has 1 rings (SSSR count). The second kappa shape index (κ2) is 9.18. The van der Waals surface area contributed by atoms with Crippen LogP contribution in [0.2, 0.25) is 0 Å². The molecule has 0 aromatic heterocycles. The molecule has 0 aliphatic rings. The van der Waals surface area contributed by atoms with Crippen molar-refractivity contribution in [2.45, 2.75) is 84.8 Å². The normalized spacial score (nSPS) is 13.2. The summed E-state index contributed by atoms with van der Waals surface area (Å²) in [6.45, 7) is 13.0. The molecule has 0 aliphatic heterocycles. The number of hydrogen-bond donors (Lipinski definition) is 1. The van der Waals surface area contributed by atoms with Crippen molar-refractivity contribution in [3.63, 3.8) is 0 Å². The smallest absolute Gasteiger partial charge is 0.214 e. The Hall–Kier alpha value is -0.870. The molecule has 0 bridgehead atoms. The highest BCUT2D eigenvalue weighted by Crippen LogP contribution is 2.47. The van der Waals surface area contributed by atoms with Gasteiger partial charge in [0.05, 0.1) is 4.75 Å². The third-order valence-corrected chi connectivity index (χ3v) is 9.14. The Morgan fingerprint density at radius 2 is 1.32 bits per heavy atom. The van der Waals surface area contributed by atoms with Crippen LogP contribution in [0.3, 0.4) is 0 Å². The summed E-state index contributed by atoms with van der Waals surface area (Å²) < 4.78 is 28.7. The molecule has 0 saturated carbocycles. The standard InChI is InChI=1S/C21H37NO2S/c1-7-18-12-14-19(15-13-18)16-17-22-25(23,24)21(10-4,11-5)20(6,8-2)9-3/h12-15,22H,7-11,16-17H2,1-6H3. The number of rotatable bonds is 11. The minimum Gasteiger partial charge on any atom is -0.214 e. The van der Waals surface area contributed by atoms with Crippen LogP contribution in [0, 0.1) is 5.41 Å². The molecule has 4 heteroatoms. The molecule has 0 atom stereocenters. The van der Waals surface area contributed by atoms with E-state index in [-0.39, 0.29) is 5.41 Å². The van der Waals surface area contributed by atoms with Gasteiger partial charge in [-0.15, -0.1) is 0 Å². The monoisotopic (exact) mass is 367 g/mol. The quantitative estimate of drug-likeness (QED) is 0.592. The molecule has 144 valence electrons. The third-order valence-electron chi connectivity index (χ3n) is 6.45. The topological polar surface area (TPSA) is 46.2 Å². The summed E-state index contributed by atoms with van der Waals surface area (Å²) in [4.78, 5) is 0. The minimum atomic E-state index is -3.40. The predicted octanol–water partition coefficient (Wildman–Crippen LogP) is 5.10. The van der Waals surface area contributed by atoms with Gasteiger partial charge in [-0.25, -0.2) is 13.1 Å². The van der Waals surface area contributed by atoms with Crippen molar-refractivity contribution in [1.82, 2.24) is 4.72 Å². The van der Waals surface area contributed by atoms with Gasteiger partial charge in [-0.1, -0.05) is 65.8 Å². The van der Waals surface area contributed by atoms with E-state index >= 15 is 0 Å². The van der Waals surface area contributed by atoms with Crippen molar-refractivity contribution >= 4 is 10.0 Å². The Morgan fingerprint density at radius 1 is 0.840 bits per heavy atom. The molecule has 25 heavy (non-hydrogen) atoms. The van der Waals surface area contributed by atoms with Gasteiger partial charge >= 0.3 is 0 Å². The van der Waals surface area contributed by atoms with Gasteiger partial charge in [0.1, 0.15) is 0 Å². The first-order chi connectivity index (χ1) is 11.8. The van der Waals surface area contributed by atoms with E-state index in [4.69, 9.17) is 0 Å². The van der Waals surface area contributed by atoms with Crippen molar-refractivity contribution in [2.75, 3.05) is 6.54 Å². The van der Waals surface area contributed by atoms with E-state index in [1.54, 1.807) is 0 Å². The zero-order chi connectivity index (χ0) is 19.1. The zero-order valence-corrected chi connectivity index (χ0v) is 17.8. The second-order valence-electron chi connectivity index (χ2n) is 7.29. The summed E-state index contributed by atoms with van der Waals surface area (Å²) in [5.74, 6) is 0. The molecular weight excluding hydrogens is 330 g/mol. The van der Waals surface area contributed by atoms with Crippen molar-refractivity contribution in [2.24, 2.45) is 5.41 Å². The summed E-state index contributed by atoms with van der Waals surface area (Å²) >= 11 is 0. The highest BCUT2D eigenvalue weighted by Gasteiger charge is 2.52. The molecule has 0 unspecified atom stereocenters. The van der Waals surface area contributed by atoms with Crippen LogP contribution >= 0.6 is 0 Å². The Bertz CT molecular complexity index is 612. The molecular formula is C21H37NO2S. The third kappa shape index (κ3) is 4.46. The number of hydrogen-bond acceptors (Lipinski definition) is 2. The molecule has 0 saturated heterocycles. The van der Waals surface area contributed by atoms with Crippen LogP contribution in [0.4, 0.5) is 0 Å². The average Bonchev–Trinajstić information content (AvgIpc) is 2.63. The first-order valence-electron chi connectivity index (χ1n) is 9.82. The Morgan fingerprint density at radius 3 is 1.72 bits per heavy atom. The van der Waals surface area contributed by atoms with Crippen LogP contribution in [0.15, 0.2) is 24.3 Å². The van der Waals surface area contributed by atoms with Crippen molar-refractivity contribution in [3.8, 4) is 0 Å². The molecule has 3 nitrogen and oxygen atoms in total. The molecule has 1 aromatic carbocycles. The van der Waals surface area contributed by atoms with E-state index in [0.717, 1.165) is 25.7 Å². The fraction of sp³-hybridized carbons (Fsp3) is 0.714. The van der Waals surface area contributed by atoms with E-state index in [0.29, 0.717) is 19.4 Å². The summed E-state index contributed by atoms with van der Waals surface area (Å²) in [5, 5.41) is 0. The maximum absolute atomic E-state index is 13.3. The van der Waals surface area contributed by atoms with E-state index in [1.807, 2.05) is 13.8 Å². The van der Waals surface area contributed by atoms with E-state index in [9.17, 15) is 8.42 Å². The Kier molecular flexibility index (Phi) is 8.14. The first kappa shape index (κ1) is 22.2. The summed E-state index contributed by atoms with van der Waals surface area (Å²) in [5.41, 5.74) is 2.26. The SMILES string of the molecule is CCc1ccc(CCNS(=O)(=O)C(CC)(CC)C(C)(CC)CC)cc1. The maximum atomic E-state index is 13.3. The van der Waals surface area contributed by atoms with Gasteiger partial charge in [0.2, 0.25) is 10.0 Å². The predicted molar refractivity (Wildman–Crippen MR) is 108 cm³/mol. The lowest BCUT2D eigenvalue weighted by Crippen LogP contribution is -2.56. The Labute approximate surface area is 155 Å².